The highest BCUT2D eigenvalue weighted by atomic mass is 16.4. The fraction of sp³-hybridized carbons (Fsp3) is 0.875. The molecule has 0 spiro atoms. The lowest BCUT2D eigenvalue weighted by atomic mass is 9.98. The van der Waals surface area contributed by atoms with E-state index in [2.05, 4.69) is 10.1 Å². The lowest BCUT2D eigenvalue weighted by Gasteiger charge is -2.34. The van der Waals surface area contributed by atoms with Crippen molar-refractivity contribution in [2.45, 2.75) is 37.5 Å². The van der Waals surface area contributed by atoms with Crippen LogP contribution < -0.4 is 0 Å². The molecule has 4 heteroatoms. The molecule has 12 heavy (non-hydrogen) atoms. The maximum atomic E-state index is 9.69. The van der Waals surface area contributed by atoms with Crippen molar-refractivity contribution in [2.24, 2.45) is 5.16 Å². The lowest BCUT2D eigenvalue weighted by molar-refractivity contribution is 0.0954. The molecule has 2 saturated heterocycles. The van der Waals surface area contributed by atoms with Gasteiger partial charge in [0.15, 0.2) is 0 Å². The first-order valence-corrected chi connectivity index (χ1v) is 4.35. The van der Waals surface area contributed by atoms with Gasteiger partial charge in [-0.05, 0) is 19.9 Å². The Morgan fingerprint density at radius 3 is 2.92 bits per heavy atom. The van der Waals surface area contributed by atoms with E-state index >= 15 is 0 Å². The maximum Gasteiger partial charge on any atom is 0.111 e. The monoisotopic (exact) mass is 170 g/mol. The van der Waals surface area contributed by atoms with E-state index in [1.807, 2.05) is 7.05 Å². The van der Waals surface area contributed by atoms with Gasteiger partial charge >= 0.3 is 0 Å². The highest BCUT2D eigenvalue weighted by Crippen LogP contribution is 2.32. The number of piperidine rings is 1. The Morgan fingerprint density at radius 1 is 1.50 bits per heavy atom. The van der Waals surface area contributed by atoms with Gasteiger partial charge in [0.2, 0.25) is 0 Å². The summed E-state index contributed by atoms with van der Waals surface area (Å²) < 4.78 is 0. The smallest absolute Gasteiger partial charge is 0.111 e. The minimum absolute atomic E-state index is 0.176. The zero-order valence-corrected chi connectivity index (χ0v) is 7.14. The van der Waals surface area contributed by atoms with Crippen molar-refractivity contribution in [3.63, 3.8) is 0 Å². The highest BCUT2D eigenvalue weighted by Gasteiger charge is 2.43. The minimum atomic E-state index is -0.557. The first-order valence-electron chi connectivity index (χ1n) is 4.35. The molecule has 2 N–H and O–H groups in total. The van der Waals surface area contributed by atoms with Crippen LogP contribution >= 0.6 is 0 Å². The van der Waals surface area contributed by atoms with E-state index in [0.29, 0.717) is 18.2 Å². The molecule has 2 heterocycles. The van der Waals surface area contributed by atoms with Gasteiger partial charge < -0.3 is 10.3 Å². The van der Waals surface area contributed by atoms with Crippen LogP contribution in [0.4, 0.5) is 0 Å². The molecule has 3 atom stereocenters. The predicted molar refractivity (Wildman–Crippen MR) is 44.4 cm³/mol. The summed E-state index contributed by atoms with van der Waals surface area (Å²) in [6, 6.07) is 0.652. The van der Waals surface area contributed by atoms with Crippen molar-refractivity contribution in [1.29, 1.82) is 0 Å². The zero-order chi connectivity index (χ0) is 8.72. The van der Waals surface area contributed by atoms with Crippen molar-refractivity contribution >= 4 is 5.71 Å². The van der Waals surface area contributed by atoms with Crippen LogP contribution in [0.1, 0.15) is 19.3 Å². The number of aliphatic hydroxyl groups is 1. The molecule has 0 unspecified atom stereocenters. The standard InChI is InChI=1S/C8H14N2O2/c1-10-5-2-3-7(10)8(11)6(4-5)9-12/h5,7-8,11-12H,2-4H2,1H3/b9-6+/t5-,7+,8+/m1/s1. The maximum absolute atomic E-state index is 9.69. The van der Waals surface area contributed by atoms with Crippen LogP contribution in [0.15, 0.2) is 5.16 Å². The van der Waals surface area contributed by atoms with E-state index in [1.54, 1.807) is 0 Å². The van der Waals surface area contributed by atoms with E-state index in [9.17, 15) is 5.11 Å². The van der Waals surface area contributed by atoms with Gasteiger partial charge in [-0.25, -0.2) is 0 Å². The number of hydrogen-bond donors (Lipinski definition) is 2. The normalized spacial score (nSPS) is 45.5. The van der Waals surface area contributed by atoms with Gasteiger partial charge in [-0.3, -0.25) is 4.90 Å². The summed E-state index contributed by atoms with van der Waals surface area (Å²) in [4.78, 5) is 2.19. The second-order valence-electron chi connectivity index (χ2n) is 3.70. The largest absolute Gasteiger partial charge is 0.411 e. The third-order valence-corrected chi connectivity index (χ3v) is 3.17. The molecular weight excluding hydrogens is 156 g/mol. The van der Waals surface area contributed by atoms with Crippen LogP contribution in [0.5, 0.6) is 0 Å². The van der Waals surface area contributed by atoms with E-state index in [4.69, 9.17) is 5.21 Å². The third kappa shape index (κ3) is 0.949. The lowest BCUT2D eigenvalue weighted by Crippen LogP contribution is -2.50. The van der Waals surface area contributed by atoms with Crippen LogP contribution in [0, 0.1) is 0 Å². The third-order valence-electron chi connectivity index (χ3n) is 3.17. The Kier molecular flexibility index (Phi) is 1.81. The molecule has 2 bridgehead atoms. The molecule has 2 fully saturated rings. The van der Waals surface area contributed by atoms with Crippen LogP contribution in [0.2, 0.25) is 0 Å². The highest BCUT2D eigenvalue weighted by molar-refractivity contribution is 5.90. The zero-order valence-electron chi connectivity index (χ0n) is 7.14. The average molecular weight is 170 g/mol. The number of fused-ring (bicyclic) bond motifs is 2. The summed E-state index contributed by atoms with van der Waals surface area (Å²) in [5.74, 6) is 0. The van der Waals surface area contributed by atoms with Crippen LogP contribution in [0.3, 0.4) is 0 Å². The van der Waals surface area contributed by atoms with Gasteiger partial charge in [-0.1, -0.05) is 5.16 Å². The second-order valence-corrected chi connectivity index (χ2v) is 3.70. The fourth-order valence-corrected chi connectivity index (χ4v) is 2.35. The van der Waals surface area contributed by atoms with Crippen molar-refractivity contribution in [3.8, 4) is 0 Å². The number of nitrogens with zero attached hydrogens (tertiary/aromatic N) is 2. The Hall–Kier alpha value is -0.610. The van der Waals surface area contributed by atoms with Crippen molar-refractivity contribution in [1.82, 2.24) is 4.90 Å². The SMILES string of the molecule is CN1[C@@H]2CC[C@H]1[C@@H](O)/C(=N/O)C2. The van der Waals surface area contributed by atoms with E-state index < -0.39 is 6.10 Å². The molecule has 0 aromatic carbocycles. The Morgan fingerprint density at radius 2 is 2.25 bits per heavy atom. The van der Waals surface area contributed by atoms with Gasteiger partial charge in [0.1, 0.15) is 6.10 Å². The van der Waals surface area contributed by atoms with Crippen LogP contribution in [-0.2, 0) is 0 Å². The van der Waals surface area contributed by atoms with Gasteiger partial charge in [0, 0.05) is 18.5 Å². The Labute approximate surface area is 71.5 Å². The van der Waals surface area contributed by atoms with Crippen LogP contribution in [0.25, 0.3) is 0 Å². The number of likely N-dealkylation sites (N-methyl/N-ethyl adjacent to an activating group) is 1. The van der Waals surface area contributed by atoms with Gasteiger partial charge in [0.05, 0.1) is 5.71 Å². The molecule has 0 aromatic heterocycles. The van der Waals surface area contributed by atoms with E-state index in [1.165, 1.54) is 0 Å². The van der Waals surface area contributed by atoms with Gasteiger partial charge in [-0.15, -0.1) is 0 Å². The minimum Gasteiger partial charge on any atom is -0.411 e. The predicted octanol–water partition coefficient (Wildman–Crippen LogP) is 0.0440. The molecular formula is C8H14N2O2. The summed E-state index contributed by atoms with van der Waals surface area (Å²) in [6.07, 6.45) is 2.28. The molecule has 2 aliphatic heterocycles. The molecule has 2 aliphatic rings. The van der Waals surface area contributed by atoms with E-state index in [0.717, 1.165) is 12.8 Å². The van der Waals surface area contributed by atoms with Crippen molar-refractivity contribution < 1.29 is 10.3 Å². The molecule has 4 nitrogen and oxygen atoms in total. The molecule has 0 saturated carbocycles. The first-order chi connectivity index (χ1) is 5.74. The molecule has 0 radical (unpaired) electrons. The summed E-state index contributed by atoms with van der Waals surface area (Å²) in [5.41, 5.74) is 0.556. The summed E-state index contributed by atoms with van der Waals surface area (Å²) in [7, 11) is 2.03. The summed E-state index contributed by atoms with van der Waals surface area (Å²) in [6.45, 7) is 0. The molecule has 0 amide bonds. The Balaban J connectivity index is 2.23. The quantitative estimate of drug-likeness (QED) is 0.399. The topological polar surface area (TPSA) is 56.1 Å². The molecule has 0 aliphatic carbocycles. The van der Waals surface area contributed by atoms with Gasteiger partial charge in [0.25, 0.3) is 0 Å². The summed E-state index contributed by atoms with van der Waals surface area (Å²) >= 11 is 0. The number of rotatable bonds is 0. The van der Waals surface area contributed by atoms with Crippen molar-refractivity contribution in [3.05, 3.63) is 0 Å². The molecule has 2 rings (SSSR count). The van der Waals surface area contributed by atoms with Crippen molar-refractivity contribution in [2.75, 3.05) is 7.05 Å². The van der Waals surface area contributed by atoms with Crippen LogP contribution in [-0.4, -0.2) is 46.2 Å². The van der Waals surface area contributed by atoms with Gasteiger partial charge in [-0.2, -0.15) is 0 Å². The molecule has 0 aromatic rings. The number of aliphatic hydroxyl groups excluding tert-OH is 1. The second kappa shape index (κ2) is 2.71. The summed E-state index contributed by atoms with van der Waals surface area (Å²) in [5, 5.41) is 21.5. The number of hydrogen-bond acceptors (Lipinski definition) is 4. The number of oxime groups is 1. The Bertz CT molecular complexity index is 217. The average Bonchev–Trinajstić information content (AvgIpc) is 2.31. The fourth-order valence-electron chi connectivity index (χ4n) is 2.35. The first kappa shape index (κ1) is 8.01. The molecule has 68 valence electrons. The van der Waals surface area contributed by atoms with E-state index in [-0.39, 0.29) is 6.04 Å².